The zero-order chi connectivity index (χ0) is 15.4. The number of nitrogens with zero attached hydrogens (tertiary/aromatic N) is 1. The van der Waals surface area contributed by atoms with Crippen LogP contribution in [0.25, 0.3) is 16.9 Å². The Balaban J connectivity index is 2.09. The van der Waals surface area contributed by atoms with Crippen LogP contribution >= 0.6 is 0 Å². The lowest BCUT2D eigenvalue weighted by Crippen LogP contribution is -2.05. The van der Waals surface area contributed by atoms with Crippen LogP contribution in [0.4, 0.5) is 0 Å². The Hall–Kier alpha value is -2.81. The van der Waals surface area contributed by atoms with Gasteiger partial charge < -0.3 is 9.67 Å². The minimum absolute atomic E-state index is 0.130. The highest BCUT2D eigenvalue weighted by Gasteiger charge is 2.12. The number of aliphatic carboxylic acids is 1. The van der Waals surface area contributed by atoms with Crippen LogP contribution in [0.5, 0.6) is 0 Å². The molecule has 1 heterocycles. The number of benzene rings is 2. The molecule has 1 aromatic heterocycles. The van der Waals surface area contributed by atoms with Gasteiger partial charge in [0, 0.05) is 11.4 Å². The number of carboxylic acid groups (broad SMARTS) is 1. The molecule has 3 aromatic rings. The van der Waals surface area contributed by atoms with Gasteiger partial charge in [-0.1, -0.05) is 48.5 Å². The molecular formula is C19H17NO2. The molecule has 0 bridgehead atoms. The van der Waals surface area contributed by atoms with E-state index in [9.17, 15) is 4.79 Å². The van der Waals surface area contributed by atoms with Gasteiger partial charge in [-0.15, -0.1) is 0 Å². The third-order valence-electron chi connectivity index (χ3n) is 3.64. The van der Waals surface area contributed by atoms with Crippen molar-refractivity contribution in [2.24, 2.45) is 0 Å². The number of para-hydroxylation sites is 1. The van der Waals surface area contributed by atoms with Gasteiger partial charge in [0.25, 0.3) is 0 Å². The summed E-state index contributed by atoms with van der Waals surface area (Å²) in [6.07, 6.45) is 0.641. The van der Waals surface area contributed by atoms with Crippen LogP contribution in [0.15, 0.2) is 72.8 Å². The summed E-state index contributed by atoms with van der Waals surface area (Å²) in [5, 5.41) is 8.95. The van der Waals surface area contributed by atoms with Crippen molar-refractivity contribution >= 4 is 5.97 Å². The number of aryl methyl sites for hydroxylation is 1. The van der Waals surface area contributed by atoms with Gasteiger partial charge in [-0.3, -0.25) is 4.79 Å². The second-order valence-corrected chi connectivity index (χ2v) is 5.14. The highest BCUT2D eigenvalue weighted by Crippen LogP contribution is 2.27. The largest absolute Gasteiger partial charge is 0.481 e. The Kier molecular flexibility index (Phi) is 4.05. The van der Waals surface area contributed by atoms with Gasteiger partial charge >= 0.3 is 5.97 Å². The first-order chi connectivity index (χ1) is 10.8. The van der Waals surface area contributed by atoms with Crippen molar-refractivity contribution in [1.82, 2.24) is 4.57 Å². The molecule has 22 heavy (non-hydrogen) atoms. The molecule has 2 aromatic carbocycles. The van der Waals surface area contributed by atoms with E-state index >= 15 is 0 Å². The predicted octanol–water partition coefficient (Wildman–Crippen LogP) is 4.16. The maximum Gasteiger partial charge on any atom is 0.303 e. The fraction of sp³-hybridized carbons (Fsp3) is 0.105. The smallest absolute Gasteiger partial charge is 0.303 e. The Morgan fingerprint density at radius 3 is 2.14 bits per heavy atom. The summed E-state index contributed by atoms with van der Waals surface area (Å²) in [4.78, 5) is 10.9. The molecule has 0 aliphatic heterocycles. The van der Waals surface area contributed by atoms with Crippen LogP contribution in [0, 0.1) is 0 Å². The molecule has 0 aliphatic carbocycles. The lowest BCUT2D eigenvalue weighted by molar-refractivity contribution is -0.136. The average Bonchev–Trinajstić information content (AvgIpc) is 2.98. The fourth-order valence-corrected chi connectivity index (χ4v) is 2.63. The second kappa shape index (κ2) is 6.31. The van der Waals surface area contributed by atoms with E-state index in [1.807, 2.05) is 54.6 Å². The van der Waals surface area contributed by atoms with Gasteiger partial charge in [0.2, 0.25) is 0 Å². The molecule has 0 radical (unpaired) electrons. The van der Waals surface area contributed by atoms with E-state index in [4.69, 9.17) is 5.11 Å². The highest BCUT2D eigenvalue weighted by molar-refractivity contribution is 5.68. The maximum atomic E-state index is 10.9. The van der Waals surface area contributed by atoms with E-state index in [2.05, 4.69) is 22.8 Å². The number of aromatic nitrogens is 1. The summed E-state index contributed by atoms with van der Waals surface area (Å²) in [5.74, 6) is -0.776. The number of hydrogen-bond donors (Lipinski definition) is 1. The minimum Gasteiger partial charge on any atom is -0.481 e. The highest BCUT2D eigenvalue weighted by atomic mass is 16.4. The molecule has 0 spiro atoms. The van der Waals surface area contributed by atoms with Crippen LogP contribution in [-0.4, -0.2) is 15.6 Å². The summed E-state index contributed by atoms with van der Waals surface area (Å²) in [5.41, 5.74) is 4.25. The van der Waals surface area contributed by atoms with Crippen molar-refractivity contribution in [3.63, 3.8) is 0 Å². The fourth-order valence-electron chi connectivity index (χ4n) is 2.63. The van der Waals surface area contributed by atoms with Crippen molar-refractivity contribution in [2.75, 3.05) is 0 Å². The SMILES string of the molecule is O=C(O)CCc1ccc(-c2ccccc2)n1-c1ccccc1. The quantitative estimate of drug-likeness (QED) is 0.767. The van der Waals surface area contributed by atoms with E-state index in [1.165, 1.54) is 0 Å². The first-order valence-corrected chi connectivity index (χ1v) is 7.29. The molecule has 0 saturated carbocycles. The molecule has 0 aliphatic rings. The average molecular weight is 291 g/mol. The standard InChI is InChI=1S/C19H17NO2/c21-19(22)14-12-17-11-13-18(15-7-3-1-4-8-15)20(17)16-9-5-2-6-10-16/h1-11,13H,12,14H2,(H,21,22). The normalized spacial score (nSPS) is 10.5. The molecule has 110 valence electrons. The summed E-state index contributed by atoms with van der Waals surface area (Å²) in [6, 6.07) is 24.2. The molecule has 0 atom stereocenters. The molecule has 0 unspecified atom stereocenters. The second-order valence-electron chi connectivity index (χ2n) is 5.14. The summed E-state index contributed by atoms with van der Waals surface area (Å²) < 4.78 is 2.14. The van der Waals surface area contributed by atoms with Crippen molar-refractivity contribution < 1.29 is 9.90 Å². The number of carboxylic acids is 1. The summed E-state index contributed by atoms with van der Waals surface area (Å²) in [7, 11) is 0. The van der Waals surface area contributed by atoms with Gasteiger partial charge in [-0.25, -0.2) is 0 Å². The minimum atomic E-state index is -0.776. The summed E-state index contributed by atoms with van der Waals surface area (Å²) in [6.45, 7) is 0. The number of rotatable bonds is 5. The van der Waals surface area contributed by atoms with Gasteiger partial charge in [0.05, 0.1) is 12.1 Å². The van der Waals surface area contributed by atoms with Gasteiger partial charge in [-0.2, -0.15) is 0 Å². The van der Waals surface area contributed by atoms with E-state index in [1.54, 1.807) is 0 Å². The molecule has 0 saturated heterocycles. The van der Waals surface area contributed by atoms with Crippen molar-refractivity contribution in [2.45, 2.75) is 12.8 Å². The van der Waals surface area contributed by atoms with Gasteiger partial charge in [-0.05, 0) is 36.2 Å². The first kappa shape index (κ1) is 14.1. The Morgan fingerprint density at radius 1 is 0.864 bits per heavy atom. The van der Waals surface area contributed by atoms with Crippen molar-refractivity contribution in [3.8, 4) is 16.9 Å². The number of hydrogen-bond acceptors (Lipinski definition) is 1. The molecular weight excluding hydrogens is 274 g/mol. The molecule has 3 nitrogen and oxygen atoms in total. The monoisotopic (exact) mass is 291 g/mol. The Bertz CT molecular complexity index is 761. The van der Waals surface area contributed by atoms with Crippen LogP contribution < -0.4 is 0 Å². The zero-order valence-corrected chi connectivity index (χ0v) is 12.1. The Morgan fingerprint density at radius 2 is 1.50 bits per heavy atom. The van der Waals surface area contributed by atoms with Gasteiger partial charge in [0.1, 0.15) is 0 Å². The summed E-state index contributed by atoms with van der Waals surface area (Å²) >= 11 is 0. The third kappa shape index (κ3) is 2.93. The van der Waals surface area contributed by atoms with Crippen LogP contribution in [-0.2, 0) is 11.2 Å². The van der Waals surface area contributed by atoms with Gasteiger partial charge in [0.15, 0.2) is 0 Å². The maximum absolute atomic E-state index is 10.9. The Labute approximate surface area is 129 Å². The van der Waals surface area contributed by atoms with E-state index in [0.717, 1.165) is 22.6 Å². The zero-order valence-electron chi connectivity index (χ0n) is 12.1. The molecule has 0 fully saturated rings. The van der Waals surface area contributed by atoms with Crippen molar-refractivity contribution in [3.05, 3.63) is 78.5 Å². The van der Waals surface area contributed by atoms with Crippen LogP contribution in [0.1, 0.15) is 12.1 Å². The van der Waals surface area contributed by atoms with E-state index in [0.29, 0.717) is 6.42 Å². The van der Waals surface area contributed by atoms with E-state index < -0.39 is 5.97 Å². The van der Waals surface area contributed by atoms with Crippen LogP contribution in [0.3, 0.4) is 0 Å². The van der Waals surface area contributed by atoms with E-state index in [-0.39, 0.29) is 6.42 Å². The van der Waals surface area contributed by atoms with Crippen molar-refractivity contribution in [1.29, 1.82) is 0 Å². The molecule has 3 rings (SSSR count). The lowest BCUT2D eigenvalue weighted by Gasteiger charge is -2.13. The predicted molar refractivity (Wildman–Crippen MR) is 87.2 cm³/mol. The molecule has 3 heteroatoms. The lowest BCUT2D eigenvalue weighted by atomic mass is 10.1. The topological polar surface area (TPSA) is 42.2 Å². The third-order valence-corrected chi connectivity index (χ3v) is 3.64. The van der Waals surface area contributed by atoms with Crippen LogP contribution in [0.2, 0.25) is 0 Å². The molecule has 1 N–H and O–H groups in total. The number of carbonyl (C=O) groups is 1. The molecule has 0 amide bonds. The first-order valence-electron chi connectivity index (χ1n) is 7.29.